The highest BCUT2D eigenvalue weighted by atomic mass is 79.9. The van der Waals surface area contributed by atoms with E-state index in [9.17, 15) is 23.1 Å². The number of urea groups is 1. The van der Waals surface area contributed by atoms with E-state index >= 15 is 0 Å². The molecule has 24 heavy (non-hydrogen) atoms. The van der Waals surface area contributed by atoms with Gasteiger partial charge in [-0.1, -0.05) is 28.1 Å². The van der Waals surface area contributed by atoms with E-state index < -0.39 is 18.1 Å². The van der Waals surface area contributed by atoms with E-state index in [0.29, 0.717) is 15.7 Å². The molecule has 128 valence electrons. The summed E-state index contributed by atoms with van der Waals surface area (Å²) < 4.78 is 41.0. The fraction of sp³-hybridized carbons (Fsp3) is 0.133. The lowest BCUT2D eigenvalue weighted by atomic mass is 10.2. The van der Waals surface area contributed by atoms with Crippen molar-refractivity contribution in [3.8, 4) is 5.75 Å². The van der Waals surface area contributed by atoms with Crippen LogP contribution in [0.2, 0.25) is 0 Å². The number of alkyl halides is 3. The molecule has 0 heterocycles. The number of ether oxygens (including phenoxy) is 1. The van der Waals surface area contributed by atoms with E-state index in [2.05, 4.69) is 31.3 Å². The van der Waals surface area contributed by atoms with Crippen LogP contribution in [-0.2, 0) is 6.61 Å². The first-order valence-corrected chi connectivity index (χ1v) is 7.40. The average molecular weight is 405 g/mol. The van der Waals surface area contributed by atoms with Crippen molar-refractivity contribution < 1.29 is 27.8 Å². The molecule has 2 amide bonds. The second-order valence-corrected chi connectivity index (χ2v) is 5.43. The number of benzene rings is 2. The van der Waals surface area contributed by atoms with E-state index in [-0.39, 0.29) is 12.3 Å². The number of rotatable bonds is 4. The predicted molar refractivity (Wildman–Crippen MR) is 85.8 cm³/mol. The normalized spacial score (nSPS) is 11.0. The van der Waals surface area contributed by atoms with E-state index in [1.54, 1.807) is 18.2 Å². The van der Waals surface area contributed by atoms with Crippen LogP contribution in [0.25, 0.3) is 0 Å². The molecule has 0 radical (unpaired) electrons. The quantitative estimate of drug-likeness (QED) is 0.703. The van der Waals surface area contributed by atoms with Crippen LogP contribution in [0.5, 0.6) is 5.75 Å². The summed E-state index contributed by atoms with van der Waals surface area (Å²) in [6, 6.07) is 9.16. The fourth-order valence-corrected chi connectivity index (χ4v) is 2.38. The highest BCUT2D eigenvalue weighted by molar-refractivity contribution is 9.10. The first kappa shape index (κ1) is 18.1. The Morgan fingerprint density at radius 1 is 1.17 bits per heavy atom. The Morgan fingerprint density at radius 2 is 1.88 bits per heavy atom. The number of nitrogens with one attached hydrogen (secondary N) is 2. The molecule has 0 aliphatic carbocycles. The Morgan fingerprint density at radius 3 is 2.54 bits per heavy atom. The smallest absolute Gasteiger partial charge is 0.406 e. The van der Waals surface area contributed by atoms with Gasteiger partial charge in [0.25, 0.3) is 0 Å². The van der Waals surface area contributed by atoms with Crippen molar-refractivity contribution in [1.29, 1.82) is 0 Å². The molecule has 9 heteroatoms. The minimum atomic E-state index is -4.81. The number of hydrogen-bond acceptors (Lipinski definition) is 3. The molecular formula is C15H12BrF3N2O3. The van der Waals surface area contributed by atoms with Crippen LogP contribution in [-0.4, -0.2) is 17.5 Å². The third-order valence-corrected chi connectivity index (χ3v) is 3.59. The van der Waals surface area contributed by atoms with Gasteiger partial charge in [0.1, 0.15) is 5.75 Å². The van der Waals surface area contributed by atoms with Gasteiger partial charge in [0.15, 0.2) is 0 Å². The molecule has 2 aromatic carbocycles. The van der Waals surface area contributed by atoms with Crippen molar-refractivity contribution in [2.24, 2.45) is 0 Å². The third-order valence-electron chi connectivity index (χ3n) is 2.85. The van der Waals surface area contributed by atoms with Gasteiger partial charge in [-0.25, -0.2) is 4.79 Å². The molecule has 0 spiro atoms. The topological polar surface area (TPSA) is 70.6 Å². The third kappa shape index (κ3) is 5.14. The molecule has 5 nitrogen and oxygen atoms in total. The van der Waals surface area contributed by atoms with Gasteiger partial charge in [-0.15, -0.1) is 13.2 Å². The van der Waals surface area contributed by atoms with E-state index in [0.717, 1.165) is 12.1 Å². The molecule has 0 unspecified atom stereocenters. The van der Waals surface area contributed by atoms with Gasteiger partial charge in [0, 0.05) is 27.5 Å². The zero-order valence-corrected chi connectivity index (χ0v) is 13.6. The predicted octanol–water partition coefficient (Wildman–Crippen LogP) is 4.48. The molecule has 0 aliphatic heterocycles. The summed E-state index contributed by atoms with van der Waals surface area (Å²) in [5.74, 6) is -0.446. The maximum absolute atomic E-state index is 12.2. The molecule has 0 atom stereocenters. The number of carbonyl (C=O) groups is 1. The summed E-state index contributed by atoms with van der Waals surface area (Å²) in [6.45, 7) is -0.300. The molecule has 2 rings (SSSR count). The number of aliphatic hydroxyl groups is 1. The molecule has 0 saturated heterocycles. The molecule has 0 fully saturated rings. The van der Waals surface area contributed by atoms with Gasteiger partial charge in [0.2, 0.25) is 0 Å². The van der Waals surface area contributed by atoms with Crippen molar-refractivity contribution >= 4 is 33.3 Å². The number of anilines is 2. The largest absolute Gasteiger partial charge is 0.573 e. The van der Waals surface area contributed by atoms with Crippen molar-refractivity contribution in [2.75, 3.05) is 10.6 Å². The van der Waals surface area contributed by atoms with E-state index in [1.807, 2.05) is 0 Å². The summed E-state index contributed by atoms with van der Waals surface area (Å²) >= 11 is 3.25. The number of amides is 2. The van der Waals surface area contributed by atoms with Crippen LogP contribution in [0.15, 0.2) is 46.9 Å². The molecular weight excluding hydrogens is 393 g/mol. The van der Waals surface area contributed by atoms with Crippen molar-refractivity contribution in [2.45, 2.75) is 13.0 Å². The molecule has 0 saturated carbocycles. The first-order chi connectivity index (χ1) is 11.3. The van der Waals surface area contributed by atoms with E-state index in [4.69, 9.17) is 0 Å². The molecule has 0 aromatic heterocycles. The molecule has 0 bridgehead atoms. The summed E-state index contributed by atoms with van der Waals surface area (Å²) in [5, 5.41) is 14.2. The number of carbonyl (C=O) groups excluding carboxylic acids is 1. The second-order valence-electron chi connectivity index (χ2n) is 4.58. The fourth-order valence-electron chi connectivity index (χ4n) is 1.89. The van der Waals surface area contributed by atoms with Crippen molar-refractivity contribution in [1.82, 2.24) is 0 Å². The zero-order valence-electron chi connectivity index (χ0n) is 12.0. The SMILES string of the molecule is O=C(Nc1cccc(OC(F)(F)F)c1)Nc1cccc(Br)c1CO. The molecule has 0 aliphatic rings. The van der Waals surface area contributed by atoms with Crippen molar-refractivity contribution in [3.05, 3.63) is 52.5 Å². The van der Waals surface area contributed by atoms with Crippen LogP contribution in [0.3, 0.4) is 0 Å². The van der Waals surface area contributed by atoms with Gasteiger partial charge in [-0.05, 0) is 24.3 Å². The average Bonchev–Trinajstić information content (AvgIpc) is 2.46. The first-order valence-electron chi connectivity index (χ1n) is 6.60. The number of aliphatic hydroxyl groups excluding tert-OH is 1. The van der Waals surface area contributed by atoms with Crippen LogP contribution in [0.4, 0.5) is 29.3 Å². The van der Waals surface area contributed by atoms with Gasteiger partial charge in [-0.3, -0.25) is 0 Å². The highest BCUT2D eigenvalue weighted by Crippen LogP contribution is 2.26. The van der Waals surface area contributed by atoms with Crippen LogP contribution < -0.4 is 15.4 Å². The Hall–Kier alpha value is -2.26. The Bertz CT molecular complexity index is 738. The number of halogens is 4. The maximum atomic E-state index is 12.2. The van der Waals surface area contributed by atoms with Gasteiger partial charge in [0.05, 0.1) is 6.61 Å². The summed E-state index contributed by atoms with van der Waals surface area (Å²) in [4.78, 5) is 12.0. The van der Waals surface area contributed by atoms with Crippen LogP contribution in [0.1, 0.15) is 5.56 Å². The Labute approximate surface area is 143 Å². The lowest BCUT2D eigenvalue weighted by Gasteiger charge is -2.13. The van der Waals surface area contributed by atoms with E-state index in [1.165, 1.54) is 12.1 Å². The Balaban J connectivity index is 2.08. The lowest BCUT2D eigenvalue weighted by Crippen LogP contribution is -2.21. The van der Waals surface area contributed by atoms with Gasteiger partial charge < -0.3 is 20.5 Å². The maximum Gasteiger partial charge on any atom is 0.573 e. The monoisotopic (exact) mass is 404 g/mol. The van der Waals surface area contributed by atoms with Crippen LogP contribution in [0, 0.1) is 0 Å². The zero-order chi connectivity index (χ0) is 17.7. The minimum absolute atomic E-state index is 0.120. The molecule has 3 N–H and O–H groups in total. The van der Waals surface area contributed by atoms with Crippen molar-refractivity contribution in [3.63, 3.8) is 0 Å². The van der Waals surface area contributed by atoms with Gasteiger partial charge >= 0.3 is 12.4 Å². The minimum Gasteiger partial charge on any atom is -0.406 e. The summed E-state index contributed by atoms with van der Waals surface area (Å²) in [7, 11) is 0. The standard InChI is InChI=1S/C15H12BrF3N2O3/c16-12-5-2-6-13(11(12)8-22)21-14(23)20-9-3-1-4-10(7-9)24-15(17,18)19/h1-7,22H,8H2,(H2,20,21,23). The van der Waals surface area contributed by atoms with Gasteiger partial charge in [-0.2, -0.15) is 0 Å². The summed E-state index contributed by atoms with van der Waals surface area (Å²) in [5.41, 5.74) is 0.962. The lowest BCUT2D eigenvalue weighted by molar-refractivity contribution is -0.274. The van der Waals surface area contributed by atoms with Crippen LogP contribution >= 0.6 is 15.9 Å². The highest BCUT2D eigenvalue weighted by Gasteiger charge is 2.31. The number of hydrogen-bond donors (Lipinski definition) is 3. The summed E-state index contributed by atoms with van der Waals surface area (Å²) in [6.07, 6.45) is -4.81. The molecule has 2 aromatic rings. The second kappa shape index (κ2) is 7.54. The Kier molecular flexibility index (Phi) is 5.68.